The molecule has 0 aromatic heterocycles. The van der Waals surface area contributed by atoms with Gasteiger partial charge in [-0.2, -0.15) is 0 Å². The van der Waals surface area contributed by atoms with Gasteiger partial charge >= 0.3 is 5.97 Å². The van der Waals surface area contributed by atoms with Gasteiger partial charge in [0.25, 0.3) is 0 Å². The average Bonchev–Trinajstić information content (AvgIpc) is 3.19. The SMILES string of the molecule is CCCOC[C@]12CC3C(C)CCC3[C@@]3(C=O)C[C@@H]1C=C(C(C)C)[C@]23C(=O)O. The van der Waals surface area contributed by atoms with Crippen LogP contribution >= 0.6 is 0 Å². The summed E-state index contributed by atoms with van der Waals surface area (Å²) in [6, 6.07) is 0. The Kier molecular flexibility index (Phi) is 4.38. The van der Waals surface area contributed by atoms with Crippen molar-refractivity contribution in [3.05, 3.63) is 11.6 Å². The van der Waals surface area contributed by atoms with E-state index in [2.05, 4.69) is 33.8 Å². The molecule has 0 aromatic carbocycles. The molecule has 4 aliphatic carbocycles. The van der Waals surface area contributed by atoms with E-state index in [-0.39, 0.29) is 17.8 Å². The minimum atomic E-state index is -1.08. The Bertz CT molecular complexity index is 682. The van der Waals surface area contributed by atoms with Crippen molar-refractivity contribution in [2.45, 2.75) is 59.8 Å². The Morgan fingerprint density at radius 3 is 2.70 bits per heavy atom. The molecule has 3 saturated carbocycles. The summed E-state index contributed by atoms with van der Waals surface area (Å²) in [5, 5.41) is 10.8. The van der Waals surface area contributed by atoms with E-state index in [1.807, 2.05) is 0 Å². The highest BCUT2D eigenvalue weighted by Gasteiger charge is 2.84. The molecule has 0 spiro atoms. The average molecular weight is 375 g/mol. The number of carboxylic acid groups (broad SMARTS) is 1. The highest BCUT2D eigenvalue weighted by Crippen LogP contribution is 2.82. The second-order valence-corrected chi connectivity index (χ2v) is 10.0. The molecule has 4 nitrogen and oxygen atoms in total. The summed E-state index contributed by atoms with van der Waals surface area (Å²) in [7, 11) is 0. The van der Waals surface area contributed by atoms with Gasteiger partial charge in [0, 0.05) is 12.0 Å². The molecule has 7 atom stereocenters. The molecule has 0 saturated heterocycles. The summed E-state index contributed by atoms with van der Waals surface area (Å²) >= 11 is 0. The van der Waals surface area contributed by atoms with Gasteiger partial charge in [-0.05, 0) is 55.3 Å². The van der Waals surface area contributed by atoms with Gasteiger partial charge in [-0.1, -0.05) is 45.8 Å². The summed E-state index contributed by atoms with van der Waals surface area (Å²) in [5.74, 6) is 0.696. The van der Waals surface area contributed by atoms with E-state index < -0.39 is 22.2 Å². The lowest BCUT2D eigenvalue weighted by Crippen LogP contribution is -2.63. The first kappa shape index (κ1) is 19.2. The molecule has 0 amide bonds. The van der Waals surface area contributed by atoms with Crippen molar-refractivity contribution in [3.63, 3.8) is 0 Å². The van der Waals surface area contributed by atoms with Crippen LogP contribution in [0.3, 0.4) is 0 Å². The van der Waals surface area contributed by atoms with Crippen LogP contribution in [-0.4, -0.2) is 30.6 Å². The zero-order valence-electron chi connectivity index (χ0n) is 17.2. The Morgan fingerprint density at radius 1 is 1.37 bits per heavy atom. The Balaban J connectivity index is 1.94. The van der Waals surface area contributed by atoms with Crippen LogP contribution in [0.4, 0.5) is 0 Å². The van der Waals surface area contributed by atoms with Crippen LogP contribution in [0.1, 0.15) is 59.8 Å². The molecule has 1 N–H and O–H groups in total. The third-order valence-electron chi connectivity index (χ3n) is 8.83. The molecule has 27 heavy (non-hydrogen) atoms. The number of carbonyl (C=O) groups is 2. The number of fused-ring (bicyclic) bond motifs is 2. The Hall–Kier alpha value is -1.16. The van der Waals surface area contributed by atoms with Crippen molar-refractivity contribution in [2.75, 3.05) is 13.2 Å². The minimum absolute atomic E-state index is 0.131. The van der Waals surface area contributed by atoms with Gasteiger partial charge in [-0.25, -0.2) is 0 Å². The first-order chi connectivity index (χ1) is 12.8. The van der Waals surface area contributed by atoms with Gasteiger partial charge in [0.05, 0.1) is 12.0 Å². The maximum atomic E-state index is 13.1. The van der Waals surface area contributed by atoms with Crippen molar-refractivity contribution in [1.82, 2.24) is 0 Å². The van der Waals surface area contributed by atoms with Gasteiger partial charge in [0.1, 0.15) is 11.7 Å². The molecule has 4 aliphatic rings. The van der Waals surface area contributed by atoms with Crippen LogP contribution in [0, 0.1) is 45.8 Å². The topological polar surface area (TPSA) is 63.6 Å². The number of ether oxygens (including phenoxy) is 1. The largest absolute Gasteiger partial charge is 0.481 e. The third-order valence-corrected chi connectivity index (χ3v) is 8.83. The first-order valence-corrected chi connectivity index (χ1v) is 10.8. The molecular weight excluding hydrogens is 340 g/mol. The number of carboxylic acids is 1. The van der Waals surface area contributed by atoms with Gasteiger partial charge in [0.15, 0.2) is 0 Å². The second kappa shape index (κ2) is 6.17. The Labute approximate surface area is 162 Å². The number of aliphatic carboxylic acids is 1. The number of rotatable bonds is 7. The Morgan fingerprint density at radius 2 is 2.11 bits per heavy atom. The van der Waals surface area contributed by atoms with Crippen LogP contribution < -0.4 is 0 Å². The van der Waals surface area contributed by atoms with Crippen LogP contribution in [-0.2, 0) is 14.3 Å². The zero-order chi connectivity index (χ0) is 19.6. The lowest BCUT2D eigenvalue weighted by atomic mass is 9.43. The second-order valence-electron chi connectivity index (χ2n) is 10.0. The quantitative estimate of drug-likeness (QED) is 0.409. The van der Waals surface area contributed by atoms with E-state index in [1.165, 1.54) is 0 Å². The van der Waals surface area contributed by atoms with Crippen LogP contribution in [0.25, 0.3) is 0 Å². The van der Waals surface area contributed by atoms with Gasteiger partial charge in [-0.3, -0.25) is 4.79 Å². The van der Waals surface area contributed by atoms with Gasteiger partial charge in [0.2, 0.25) is 0 Å². The molecule has 4 bridgehead atoms. The molecule has 4 rings (SSSR count). The number of carbonyl (C=O) groups excluding carboxylic acids is 1. The summed E-state index contributed by atoms with van der Waals surface area (Å²) in [4.78, 5) is 25.9. The molecule has 0 radical (unpaired) electrons. The lowest BCUT2D eigenvalue weighted by Gasteiger charge is -2.58. The zero-order valence-corrected chi connectivity index (χ0v) is 17.2. The number of allylic oxidation sites excluding steroid dienone is 1. The van der Waals surface area contributed by atoms with E-state index in [9.17, 15) is 14.7 Å². The fourth-order valence-corrected chi connectivity index (χ4v) is 8.03. The first-order valence-electron chi connectivity index (χ1n) is 10.8. The van der Waals surface area contributed by atoms with E-state index in [1.54, 1.807) is 0 Å². The van der Waals surface area contributed by atoms with Crippen molar-refractivity contribution < 1.29 is 19.4 Å². The van der Waals surface area contributed by atoms with E-state index in [0.717, 1.165) is 37.5 Å². The standard InChI is InChI=1S/C23H34O4/c1-5-8-27-13-22-11-17-15(4)6-7-18(17)21(12-24)10-16(22)9-19(14(2)3)23(21,22)20(25)26/h9,12,14-18H,5-8,10-11,13H2,1-4H3,(H,25,26)/t15?,16-,17?,18?,21-,22+,23+/m0/s1. The molecule has 0 heterocycles. The molecule has 0 aromatic rings. The number of aldehydes is 1. The van der Waals surface area contributed by atoms with Crippen molar-refractivity contribution in [2.24, 2.45) is 45.8 Å². The fourth-order valence-electron chi connectivity index (χ4n) is 8.03. The van der Waals surface area contributed by atoms with E-state index in [4.69, 9.17) is 4.74 Å². The van der Waals surface area contributed by atoms with E-state index in [0.29, 0.717) is 31.5 Å². The van der Waals surface area contributed by atoms with Crippen molar-refractivity contribution in [1.29, 1.82) is 0 Å². The third kappa shape index (κ3) is 1.98. The minimum Gasteiger partial charge on any atom is -0.481 e. The highest BCUT2D eigenvalue weighted by atomic mass is 16.5. The van der Waals surface area contributed by atoms with Crippen molar-refractivity contribution in [3.8, 4) is 0 Å². The number of hydrogen-bond acceptors (Lipinski definition) is 3. The molecule has 3 unspecified atom stereocenters. The maximum Gasteiger partial charge on any atom is 0.315 e. The predicted octanol–water partition coefficient (Wildman–Crippen LogP) is 4.34. The molecule has 3 fully saturated rings. The molecule has 150 valence electrons. The number of hydrogen-bond donors (Lipinski definition) is 1. The lowest BCUT2D eigenvalue weighted by molar-refractivity contribution is -0.186. The monoisotopic (exact) mass is 374 g/mol. The molecule has 4 heteroatoms. The van der Waals surface area contributed by atoms with E-state index >= 15 is 0 Å². The molecule has 0 aliphatic heterocycles. The van der Waals surface area contributed by atoms with Crippen molar-refractivity contribution >= 4 is 12.3 Å². The predicted molar refractivity (Wildman–Crippen MR) is 103 cm³/mol. The summed E-state index contributed by atoms with van der Waals surface area (Å²) in [6.45, 7) is 9.66. The van der Waals surface area contributed by atoms with Crippen LogP contribution in [0.2, 0.25) is 0 Å². The summed E-state index contributed by atoms with van der Waals surface area (Å²) in [5.41, 5.74) is -1.31. The fraction of sp³-hybridized carbons (Fsp3) is 0.826. The van der Waals surface area contributed by atoms with Gasteiger partial charge in [-0.15, -0.1) is 0 Å². The maximum absolute atomic E-state index is 13.1. The smallest absolute Gasteiger partial charge is 0.315 e. The summed E-state index contributed by atoms with van der Waals surface area (Å²) < 4.78 is 6.09. The summed E-state index contributed by atoms with van der Waals surface area (Å²) in [6.07, 6.45) is 7.93. The highest BCUT2D eigenvalue weighted by molar-refractivity contribution is 5.90. The van der Waals surface area contributed by atoms with Crippen LogP contribution in [0.5, 0.6) is 0 Å². The van der Waals surface area contributed by atoms with Crippen LogP contribution in [0.15, 0.2) is 11.6 Å². The van der Waals surface area contributed by atoms with Gasteiger partial charge < -0.3 is 14.6 Å². The normalized spacial score (nSPS) is 47.2. The molecular formula is C23H34O4.